The van der Waals surface area contributed by atoms with E-state index < -0.39 is 0 Å². The molecular formula is C20H29FIN7. The van der Waals surface area contributed by atoms with E-state index >= 15 is 0 Å². The van der Waals surface area contributed by atoms with Crippen molar-refractivity contribution in [1.82, 2.24) is 20.2 Å². The molecule has 0 saturated carbocycles. The number of aromatic nitrogens is 2. The number of guanidine groups is 1. The number of rotatable bonds is 6. The molecule has 1 aliphatic heterocycles. The summed E-state index contributed by atoms with van der Waals surface area (Å²) in [6.45, 7) is 5.01. The third-order valence-electron chi connectivity index (χ3n) is 4.84. The molecule has 29 heavy (non-hydrogen) atoms. The molecule has 7 nitrogen and oxygen atoms in total. The first-order valence-electron chi connectivity index (χ1n) is 9.62. The maximum absolute atomic E-state index is 13.8. The van der Waals surface area contributed by atoms with Gasteiger partial charge in [0.15, 0.2) is 5.96 Å². The molecule has 9 heteroatoms. The summed E-state index contributed by atoms with van der Waals surface area (Å²) < 4.78 is 13.8. The molecule has 3 rings (SSSR count). The second-order valence-electron chi connectivity index (χ2n) is 6.72. The number of piperazine rings is 1. The summed E-state index contributed by atoms with van der Waals surface area (Å²) in [5.41, 5.74) is 0.631. The average molecular weight is 513 g/mol. The number of para-hydroxylation sites is 1. The number of anilines is 2. The third kappa shape index (κ3) is 6.41. The number of nitrogens with one attached hydrogen (secondary N) is 1. The van der Waals surface area contributed by atoms with Crippen molar-refractivity contribution < 1.29 is 4.39 Å². The van der Waals surface area contributed by atoms with E-state index in [0.29, 0.717) is 5.69 Å². The first-order chi connectivity index (χ1) is 13.7. The number of aliphatic imine (C=N–C) groups is 1. The Morgan fingerprint density at radius 3 is 2.48 bits per heavy atom. The fraction of sp³-hybridized carbons (Fsp3) is 0.450. The lowest BCUT2D eigenvalue weighted by atomic mass is 10.2. The van der Waals surface area contributed by atoms with Gasteiger partial charge < -0.3 is 20.0 Å². The molecule has 0 spiro atoms. The van der Waals surface area contributed by atoms with Crippen molar-refractivity contribution in [1.29, 1.82) is 0 Å². The van der Waals surface area contributed by atoms with Gasteiger partial charge in [-0.1, -0.05) is 12.1 Å². The smallest absolute Gasteiger partial charge is 0.225 e. The lowest BCUT2D eigenvalue weighted by molar-refractivity contribution is 0.370. The van der Waals surface area contributed by atoms with Crippen LogP contribution in [0.25, 0.3) is 0 Å². The first kappa shape index (κ1) is 23.1. The highest BCUT2D eigenvalue weighted by molar-refractivity contribution is 14.0. The molecule has 0 bridgehead atoms. The summed E-state index contributed by atoms with van der Waals surface area (Å²) >= 11 is 0. The summed E-state index contributed by atoms with van der Waals surface area (Å²) in [7, 11) is 3.72. The molecule has 0 aliphatic carbocycles. The zero-order valence-corrected chi connectivity index (χ0v) is 19.3. The minimum atomic E-state index is -0.186. The topological polar surface area (TPSA) is 59.9 Å². The zero-order chi connectivity index (χ0) is 19.8. The van der Waals surface area contributed by atoms with Gasteiger partial charge in [0.2, 0.25) is 5.95 Å². The van der Waals surface area contributed by atoms with Crippen molar-refractivity contribution in [2.75, 3.05) is 63.2 Å². The van der Waals surface area contributed by atoms with E-state index in [2.05, 4.69) is 30.1 Å². The summed E-state index contributed by atoms with van der Waals surface area (Å²) in [6.07, 6.45) is 4.43. The predicted octanol–water partition coefficient (Wildman–Crippen LogP) is 2.46. The van der Waals surface area contributed by atoms with E-state index in [1.807, 2.05) is 24.1 Å². The number of hydrogen-bond donors (Lipinski definition) is 1. The second-order valence-corrected chi connectivity index (χ2v) is 6.72. The van der Waals surface area contributed by atoms with Gasteiger partial charge in [-0.15, -0.1) is 24.0 Å². The highest BCUT2D eigenvalue weighted by atomic mass is 127. The van der Waals surface area contributed by atoms with Crippen molar-refractivity contribution >= 4 is 41.6 Å². The van der Waals surface area contributed by atoms with Crippen LogP contribution in [0, 0.1) is 5.82 Å². The van der Waals surface area contributed by atoms with Crippen LogP contribution in [0.5, 0.6) is 0 Å². The van der Waals surface area contributed by atoms with Gasteiger partial charge in [-0.25, -0.2) is 14.4 Å². The minimum Gasteiger partial charge on any atom is -0.372 e. The second kappa shape index (κ2) is 11.7. The maximum atomic E-state index is 13.8. The van der Waals surface area contributed by atoms with Crippen molar-refractivity contribution in [3.05, 3.63) is 48.5 Å². The standard InChI is InChI=1S/C20H28FN7.HI/c1-22-19(23-11-6-12-26(2)18-8-4-3-7-17(18)21)27-13-15-28(16-14-27)20-24-9-5-10-25-20;/h3-5,7-10H,6,11-16H2,1-2H3,(H,22,23);1H. The Hall–Kier alpha value is -2.17. The molecule has 158 valence electrons. The normalized spacial score (nSPS) is 14.4. The van der Waals surface area contributed by atoms with Crippen LogP contribution in [0.15, 0.2) is 47.7 Å². The van der Waals surface area contributed by atoms with E-state index in [9.17, 15) is 4.39 Å². The van der Waals surface area contributed by atoms with Gasteiger partial charge in [-0.3, -0.25) is 4.99 Å². The molecule has 0 radical (unpaired) electrons. The van der Waals surface area contributed by atoms with Crippen LogP contribution in [0.4, 0.5) is 16.0 Å². The fourth-order valence-electron chi connectivity index (χ4n) is 3.30. The van der Waals surface area contributed by atoms with Crippen LogP contribution >= 0.6 is 24.0 Å². The van der Waals surface area contributed by atoms with Crippen LogP contribution in [0.3, 0.4) is 0 Å². The molecule has 1 aromatic carbocycles. The molecule has 1 aromatic heterocycles. The zero-order valence-electron chi connectivity index (χ0n) is 17.0. The third-order valence-corrected chi connectivity index (χ3v) is 4.84. The fourth-order valence-corrected chi connectivity index (χ4v) is 3.30. The molecule has 1 N–H and O–H groups in total. The van der Waals surface area contributed by atoms with Crippen molar-refractivity contribution in [3.8, 4) is 0 Å². The van der Waals surface area contributed by atoms with E-state index in [1.54, 1.807) is 31.6 Å². The van der Waals surface area contributed by atoms with Crippen LogP contribution in [-0.4, -0.2) is 74.2 Å². The molecule has 1 aliphatic rings. The highest BCUT2D eigenvalue weighted by Gasteiger charge is 2.20. The van der Waals surface area contributed by atoms with Crippen LogP contribution < -0.4 is 15.1 Å². The highest BCUT2D eigenvalue weighted by Crippen LogP contribution is 2.16. The Bertz CT molecular complexity index is 766. The van der Waals surface area contributed by atoms with Gasteiger partial charge in [-0.2, -0.15) is 0 Å². The van der Waals surface area contributed by atoms with E-state index in [0.717, 1.165) is 57.6 Å². The van der Waals surface area contributed by atoms with Crippen LogP contribution in [0.1, 0.15) is 6.42 Å². The van der Waals surface area contributed by atoms with E-state index in [4.69, 9.17) is 0 Å². The summed E-state index contributed by atoms with van der Waals surface area (Å²) in [5, 5.41) is 3.42. The largest absolute Gasteiger partial charge is 0.372 e. The Morgan fingerprint density at radius 1 is 1.14 bits per heavy atom. The number of halogens is 2. The Kier molecular flexibility index (Phi) is 9.36. The summed E-state index contributed by atoms with van der Waals surface area (Å²) in [6, 6.07) is 8.69. The summed E-state index contributed by atoms with van der Waals surface area (Å²) in [4.78, 5) is 19.4. The lowest BCUT2D eigenvalue weighted by Crippen LogP contribution is -2.53. The monoisotopic (exact) mass is 513 g/mol. The SMILES string of the molecule is CN=C(NCCCN(C)c1ccccc1F)N1CCN(c2ncccn2)CC1.I. The van der Waals surface area contributed by atoms with Gasteiger partial charge in [0.1, 0.15) is 5.82 Å². The maximum Gasteiger partial charge on any atom is 0.225 e. The quantitative estimate of drug-likeness (QED) is 0.277. The molecular weight excluding hydrogens is 484 g/mol. The molecule has 0 unspecified atom stereocenters. The molecule has 0 amide bonds. The minimum absolute atomic E-state index is 0. The lowest BCUT2D eigenvalue weighted by Gasteiger charge is -2.36. The number of benzene rings is 1. The van der Waals surface area contributed by atoms with Crippen LogP contribution in [0.2, 0.25) is 0 Å². The van der Waals surface area contributed by atoms with Crippen LogP contribution in [-0.2, 0) is 0 Å². The van der Waals surface area contributed by atoms with Crippen molar-refractivity contribution in [2.24, 2.45) is 4.99 Å². The molecule has 2 aromatic rings. The van der Waals surface area contributed by atoms with Crippen molar-refractivity contribution in [3.63, 3.8) is 0 Å². The Morgan fingerprint density at radius 2 is 1.83 bits per heavy atom. The molecule has 1 saturated heterocycles. The van der Waals surface area contributed by atoms with Gasteiger partial charge >= 0.3 is 0 Å². The average Bonchev–Trinajstić information content (AvgIpc) is 2.75. The van der Waals surface area contributed by atoms with Gasteiger partial charge in [0.25, 0.3) is 0 Å². The van der Waals surface area contributed by atoms with E-state index in [-0.39, 0.29) is 29.8 Å². The number of nitrogens with zero attached hydrogens (tertiary/aromatic N) is 6. The first-order valence-corrected chi connectivity index (χ1v) is 9.62. The summed E-state index contributed by atoms with van der Waals surface area (Å²) in [5.74, 6) is 1.50. The van der Waals surface area contributed by atoms with Gasteiger partial charge in [0, 0.05) is 65.8 Å². The molecule has 2 heterocycles. The molecule has 0 atom stereocenters. The predicted molar refractivity (Wildman–Crippen MR) is 127 cm³/mol. The van der Waals surface area contributed by atoms with Crippen molar-refractivity contribution in [2.45, 2.75) is 6.42 Å². The Balaban J connectivity index is 0.00000300. The van der Waals surface area contributed by atoms with E-state index in [1.165, 1.54) is 6.07 Å². The van der Waals surface area contributed by atoms with Gasteiger partial charge in [-0.05, 0) is 24.6 Å². The molecule has 1 fully saturated rings. The Labute approximate surface area is 189 Å². The number of hydrogen-bond acceptors (Lipinski definition) is 5. The van der Waals surface area contributed by atoms with Gasteiger partial charge in [0.05, 0.1) is 5.69 Å².